The first-order chi connectivity index (χ1) is 13.5. The third-order valence-electron chi connectivity index (χ3n) is 3.56. The number of nitrogens with zero attached hydrogens (tertiary/aromatic N) is 1. The number of nitrogens with one attached hydrogen (secondary N) is 1. The molecule has 1 aromatic carbocycles. The molecule has 28 heavy (non-hydrogen) atoms. The number of rotatable bonds is 9. The predicted octanol–water partition coefficient (Wildman–Crippen LogP) is 2.93. The number of thiazole rings is 1. The largest absolute Gasteiger partial charge is 0.493 e. The number of esters is 1. The minimum atomic E-state index is -0.367. The maximum absolute atomic E-state index is 12.2. The van der Waals surface area contributed by atoms with Crippen LogP contribution >= 0.6 is 11.3 Å². The zero-order valence-corrected chi connectivity index (χ0v) is 16.9. The lowest BCUT2D eigenvalue weighted by atomic mass is 10.1. The van der Waals surface area contributed by atoms with Crippen LogP contribution in [0.2, 0.25) is 0 Å². The molecule has 0 saturated carbocycles. The van der Waals surface area contributed by atoms with Gasteiger partial charge < -0.3 is 18.9 Å². The highest BCUT2D eigenvalue weighted by Crippen LogP contribution is 2.40. The second-order valence-electron chi connectivity index (χ2n) is 5.37. The molecular formula is C19H22N2O6S. The van der Waals surface area contributed by atoms with Crippen LogP contribution < -0.4 is 19.5 Å². The summed E-state index contributed by atoms with van der Waals surface area (Å²) in [6.45, 7) is 2.06. The smallest absolute Gasteiger partial charge is 0.311 e. The summed E-state index contributed by atoms with van der Waals surface area (Å²) in [4.78, 5) is 27.9. The van der Waals surface area contributed by atoms with E-state index < -0.39 is 0 Å². The highest BCUT2D eigenvalue weighted by Gasteiger charge is 2.14. The molecule has 1 amide bonds. The summed E-state index contributed by atoms with van der Waals surface area (Å²) in [7, 11) is 4.55. The maximum Gasteiger partial charge on any atom is 0.311 e. The number of carbonyl (C=O) groups excluding carboxylic acids is 2. The van der Waals surface area contributed by atoms with E-state index in [1.807, 2.05) is 0 Å². The average Bonchev–Trinajstić information content (AvgIpc) is 3.11. The number of benzene rings is 1. The van der Waals surface area contributed by atoms with Crippen molar-refractivity contribution in [2.24, 2.45) is 0 Å². The van der Waals surface area contributed by atoms with Gasteiger partial charge in [-0.15, -0.1) is 11.3 Å². The Labute approximate surface area is 167 Å². The van der Waals surface area contributed by atoms with Crippen molar-refractivity contribution in [2.75, 3.05) is 33.3 Å². The molecule has 0 radical (unpaired) electrons. The fourth-order valence-electron chi connectivity index (χ4n) is 2.37. The first kappa shape index (κ1) is 21.2. The Balaban J connectivity index is 2.06. The van der Waals surface area contributed by atoms with Crippen LogP contribution in [0.4, 0.5) is 5.13 Å². The van der Waals surface area contributed by atoms with E-state index in [4.69, 9.17) is 18.9 Å². The summed E-state index contributed by atoms with van der Waals surface area (Å²) < 4.78 is 20.8. The van der Waals surface area contributed by atoms with Gasteiger partial charge in [-0.1, -0.05) is 0 Å². The van der Waals surface area contributed by atoms with E-state index in [0.29, 0.717) is 40.2 Å². The van der Waals surface area contributed by atoms with Crippen LogP contribution in [-0.4, -0.2) is 44.8 Å². The predicted molar refractivity (Wildman–Crippen MR) is 106 cm³/mol. The molecule has 0 spiro atoms. The first-order valence-electron chi connectivity index (χ1n) is 8.40. The summed E-state index contributed by atoms with van der Waals surface area (Å²) in [6.07, 6.45) is 3.03. The molecule has 0 unspecified atom stereocenters. The topological polar surface area (TPSA) is 96.0 Å². The molecule has 0 atom stereocenters. The second kappa shape index (κ2) is 10.3. The van der Waals surface area contributed by atoms with Crippen molar-refractivity contribution in [3.8, 4) is 17.2 Å². The van der Waals surface area contributed by atoms with Crippen LogP contribution in [0.3, 0.4) is 0 Å². The minimum Gasteiger partial charge on any atom is -0.493 e. The second-order valence-corrected chi connectivity index (χ2v) is 6.23. The Morgan fingerprint density at radius 3 is 2.54 bits per heavy atom. The van der Waals surface area contributed by atoms with Gasteiger partial charge in [-0.25, -0.2) is 4.98 Å². The molecule has 0 aliphatic carbocycles. The van der Waals surface area contributed by atoms with Gasteiger partial charge in [0, 0.05) is 17.0 Å². The number of hydrogen-bond acceptors (Lipinski definition) is 8. The van der Waals surface area contributed by atoms with Gasteiger partial charge in [0.2, 0.25) is 11.7 Å². The third-order valence-corrected chi connectivity index (χ3v) is 4.37. The van der Waals surface area contributed by atoms with Crippen LogP contribution in [-0.2, 0) is 20.7 Å². The quantitative estimate of drug-likeness (QED) is 0.505. The molecule has 1 aromatic heterocycles. The van der Waals surface area contributed by atoms with E-state index in [2.05, 4.69) is 10.3 Å². The van der Waals surface area contributed by atoms with Gasteiger partial charge in [0.05, 0.1) is 40.1 Å². The molecule has 150 valence electrons. The zero-order valence-electron chi connectivity index (χ0n) is 16.1. The van der Waals surface area contributed by atoms with E-state index in [1.165, 1.54) is 38.7 Å². The summed E-state index contributed by atoms with van der Waals surface area (Å²) in [5.74, 6) is 0.700. The Kier molecular flexibility index (Phi) is 7.82. The van der Waals surface area contributed by atoms with Crippen LogP contribution in [0.25, 0.3) is 6.08 Å². The van der Waals surface area contributed by atoms with Crippen molar-refractivity contribution in [1.82, 2.24) is 4.98 Å². The molecule has 9 heteroatoms. The Bertz CT molecular complexity index is 862. The summed E-state index contributed by atoms with van der Waals surface area (Å²) in [5, 5.41) is 4.76. The number of hydrogen-bond donors (Lipinski definition) is 1. The SMILES string of the molecule is CCOC(=O)Cc1csc(NC(=O)/C=C/c2ccc(OC)c(OC)c2OC)n1. The van der Waals surface area contributed by atoms with Gasteiger partial charge in [0.25, 0.3) is 0 Å². The van der Waals surface area contributed by atoms with Gasteiger partial charge in [-0.3, -0.25) is 14.9 Å². The van der Waals surface area contributed by atoms with Gasteiger partial charge in [0.15, 0.2) is 16.6 Å². The van der Waals surface area contributed by atoms with Crippen molar-refractivity contribution in [2.45, 2.75) is 13.3 Å². The van der Waals surface area contributed by atoms with Crippen LogP contribution in [0.1, 0.15) is 18.2 Å². The lowest BCUT2D eigenvalue weighted by molar-refractivity contribution is -0.142. The monoisotopic (exact) mass is 406 g/mol. The molecular weight excluding hydrogens is 384 g/mol. The number of methoxy groups -OCH3 is 3. The number of ether oxygens (including phenoxy) is 4. The van der Waals surface area contributed by atoms with Crippen molar-refractivity contribution >= 4 is 34.4 Å². The lowest BCUT2D eigenvalue weighted by Crippen LogP contribution is -2.09. The Morgan fingerprint density at radius 1 is 1.14 bits per heavy atom. The third kappa shape index (κ3) is 5.46. The molecule has 0 saturated heterocycles. The lowest BCUT2D eigenvalue weighted by Gasteiger charge is -2.13. The van der Waals surface area contributed by atoms with E-state index in [1.54, 1.807) is 30.5 Å². The van der Waals surface area contributed by atoms with E-state index in [9.17, 15) is 9.59 Å². The Morgan fingerprint density at radius 2 is 1.89 bits per heavy atom. The van der Waals surface area contributed by atoms with E-state index >= 15 is 0 Å². The fraction of sp³-hybridized carbons (Fsp3) is 0.316. The summed E-state index contributed by atoms with van der Waals surface area (Å²) in [6, 6.07) is 3.48. The van der Waals surface area contributed by atoms with Crippen LogP contribution in [0, 0.1) is 0 Å². The minimum absolute atomic E-state index is 0.0683. The summed E-state index contributed by atoms with van der Waals surface area (Å²) in [5.41, 5.74) is 1.20. The average molecular weight is 406 g/mol. The van der Waals surface area contributed by atoms with Crippen LogP contribution in [0.15, 0.2) is 23.6 Å². The van der Waals surface area contributed by atoms with Crippen molar-refractivity contribution < 1.29 is 28.5 Å². The summed E-state index contributed by atoms with van der Waals surface area (Å²) >= 11 is 1.23. The molecule has 2 aromatic rings. The molecule has 2 rings (SSSR count). The number of carbonyl (C=O) groups is 2. The highest BCUT2D eigenvalue weighted by molar-refractivity contribution is 7.14. The fourth-order valence-corrected chi connectivity index (χ4v) is 3.09. The molecule has 0 bridgehead atoms. The van der Waals surface area contributed by atoms with Gasteiger partial charge in [-0.05, 0) is 25.1 Å². The Hall–Kier alpha value is -3.07. The van der Waals surface area contributed by atoms with Crippen molar-refractivity contribution in [3.05, 3.63) is 34.8 Å². The molecule has 0 aliphatic heterocycles. The van der Waals surface area contributed by atoms with E-state index in [-0.39, 0.29) is 18.3 Å². The van der Waals surface area contributed by atoms with Crippen LogP contribution in [0.5, 0.6) is 17.2 Å². The molecule has 8 nitrogen and oxygen atoms in total. The van der Waals surface area contributed by atoms with Crippen molar-refractivity contribution in [1.29, 1.82) is 0 Å². The number of amides is 1. The van der Waals surface area contributed by atoms with Gasteiger partial charge in [0.1, 0.15) is 0 Å². The zero-order chi connectivity index (χ0) is 20.5. The molecule has 1 heterocycles. The molecule has 0 fully saturated rings. The standard InChI is InChI=1S/C19H22N2O6S/c1-5-27-16(23)10-13-11-28-19(20-13)21-15(22)9-7-12-6-8-14(24-2)18(26-4)17(12)25-3/h6-9,11H,5,10H2,1-4H3,(H,20,21,22)/b9-7+. The maximum atomic E-state index is 12.2. The first-order valence-corrected chi connectivity index (χ1v) is 9.28. The van der Waals surface area contributed by atoms with E-state index in [0.717, 1.165) is 0 Å². The van der Waals surface area contributed by atoms with Gasteiger partial charge >= 0.3 is 5.97 Å². The van der Waals surface area contributed by atoms with Gasteiger partial charge in [-0.2, -0.15) is 0 Å². The molecule has 0 aliphatic rings. The highest BCUT2D eigenvalue weighted by atomic mass is 32.1. The number of aromatic nitrogens is 1. The van der Waals surface area contributed by atoms with Crippen molar-refractivity contribution in [3.63, 3.8) is 0 Å². The number of anilines is 1. The normalized spacial score (nSPS) is 10.6. The molecule has 1 N–H and O–H groups in total.